The third-order valence-corrected chi connectivity index (χ3v) is 4.85. The number of unbranched alkanes of at least 4 members (excludes halogenated alkanes) is 3. The van der Waals surface area contributed by atoms with Crippen molar-refractivity contribution in [2.24, 2.45) is 0 Å². The summed E-state index contributed by atoms with van der Waals surface area (Å²) < 4.78 is 26.9. The Labute approximate surface area is 126 Å². The molecular formula is C15H23NO4S. The maximum Gasteiger partial charge on any atom is 0.303 e. The van der Waals surface area contributed by atoms with Gasteiger partial charge in [-0.1, -0.05) is 30.5 Å². The van der Waals surface area contributed by atoms with Gasteiger partial charge in [0, 0.05) is 13.0 Å². The molecule has 0 aromatic heterocycles. The molecule has 2 N–H and O–H groups in total. The minimum atomic E-state index is -3.46. The van der Waals surface area contributed by atoms with Gasteiger partial charge in [-0.3, -0.25) is 4.79 Å². The SMILES string of the molecule is Cc1ccc(S(=O)(=O)NCCCCCCC(=O)O)c(C)c1. The van der Waals surface area contributed by atoms with E-state index in [4.69, 9.17) is 5.11 Å². The molecule has 0 aliphatic rings. The van der Waals surface area contributed by atoms with Gasteiger partial charge >= 0.3 is 5.97 Å². The molecule has 0 saturated heterocycles. The monoisotopic (exact) mass is 313 g/mol. The van der Waals surface area contributed by atoms with E-state index in [9.17, 15) is 13.2 Å². The van der Waals surface area contributed by atoms with Crippen LogP contribution in [0, 0.1) is 13.8 Å². The van der Waals surface area contributed by atoms with E-state index in [1.54, 1.807) is 19.1 Å². The number of rotatable bonds is 9. The average molecular weight is 313 g/mol. The number of hydrogen-bond acceptors (Lipinski definition) is 3. The van der Waals surface area contributed by atoms with Gasteiger partial charge < -0.3 is 5.11 Å². The van der Waals surface area contributed by atoms with Gasteiger partial charge in [-0.05, 0) is 38.3 Å². The van der Waals surface area contributed by atoms with Crippen LogP contribution in [0.3, 0.4) is 0 Å². The van der Waals surface area contributed by atoms with Crippen LogP contribution >= 0.6 is 0 Å². The molecule has 0 heterocycles. The first kappa shape index (κ1) is 17.7. The van der Waals surface area contributed by atoms with Crippen molar-refractivity contribution in [3.63, 3.8) is 0 Å². The van der Waals surface area contributed by atoms with E-state index in [-0.39, 0.29) is 6.42 Å². The molecule has 1 rings (SSSR count). The van der Waals surface area contributed by atoms with Crippen LogP contribution in [-0.4, -0.2) is 26.0 Å². The zero-order chi connectivity index (χ0) is 15.9. The van der Waals surface area contributed by atoms with Crippen molar-refractivity contribution in [2.45, 2.75) is 50.8 Å². The van der Waals surface area contributed by atoms with Gasteiger partial charge in [0.2, 0.25) is 10.0 Å². The Balaban J connectivity index is 2.38. The van der Waals surface area contributed by atoms with Crippen molar-refractivity contribution in [3.8, 4) is 0 Å². The van der Waals surface area contributed by atoms with Crippen LogP contribution < -0.4 is 4.72 Å². The Kier molecular flexibility index (Phi) is 6.84. The van der Waals surface area contributed by atoms with Crippen LogP contribution in [0.15, 0.2) is 23.1 Å². The highest BCUT2D eigenvalue weighted by atomic mass is 32.2. The standard InChI is InChI=1S/C15H23NO4S/c1-12-8-9-14(13(2)11-12)21(19,20)16-10-6-4-3-5-7-15(17)18/h8-9,11,16H,3-7,10H2,1-2H3,(H,17,18). The zero-order valence-corrected chi connectivity index (χ0v) is 13.4. The van der Waals surface area contributed by atoms with Crippen molar-refractivity contribution >= 4 is 16.0 Å². The predicted octanol–water partition coefficient (Wildman–Crippen LogP) is 2.62. The average Bonchev–Trinajstić information content (AvgIpc) is 2.36. The Morgan fingerprint density at radius 3 is 2.43 bits per heavy atom. The van der Waals surface area contributed by atoms with Crippen LogP contribution in [0.25, 0.3) is 0 Å². The maximum absolute atomic E-state index is 12.2. The van der Waals surface area contributed by atoms with E-state index in [1.807, 2.05) is 13.0 Å². The lowest BCUT2D eigenvalue weighted by atomic mass is 10.1. The second kappa shape index (κ2) is 8.14. The van der Waals surface area contributed by atoms with Crippen molar-refractivity contribution in [3.05, 3.63) is 29.3 Å². The molecule has 118 valence electrons. The van der Waals surface area contributed by atoms with E-state index in [0.717, 1.165) is 24.0 Å². The largest absolute Gasteiger partial charge is 0.481 e. The summed E-state index contributed by atoms with van der Waals surface area (Å²) >= 11 is 0. The quantitative estimate of drug-likeness (QED) is 0.686. The number of carbonyl (C=O) groups is 1. The van der Waals surface area contributed by atoms with Gasteiger partial charge in [0.25, 0.3) is 0 Å². The smallest absolute Gasteiger partial charge is 0.303 e. The van der Waals surface area contributed by atoms with Crippen LogP contribution in [0.4, 0.5) is 0 Å². The van der Waals surface area contributed by atoms with Gasteiger partial charge in [-0.25, -0.2) is 13.1 Å². The lowest BCUT2D eigenvalue weighted by Crippen LogP contribution is -2.25. The molecule has 1 aromatic rings. The van der Waals surface area contributed by atoms with E-state index in [1.165, 1.54) is 0 Å². The van der Waals surface area contributed by atoms with E-state index in [2.05, 4.69) is 4.72 Å². The molecule has 0 atom stereocenters. The number of carboxylic acid groups (broad SMARTS) is 1. The summed E-state index contributed by atoms with van der Waals surface area (Å²) in [6, 6.07) is 5.26. The Bertz CT molecular complexity index is 581. The lowest BCUT2D eigenvalue weighted by molar-refractivity contribution is -0.137. The molecule has 0 fully saturated rings. The normalized spacial score (nSPS) is 11.5. The fourth-order valence-electron chi connectivity index (χ4n) is 2.14. The molecule has 0 radical (unpaired) electrons. The minimum absolute atomic E-state index is 0.175. The molecule has 0 aliphatic heterocycles. The number of nitrogens with one attached hydrogen (secondary N) is 1. The van der Waals surface area contributed by atoms with Crippen molar-refractivity contribution < 1.29 is 18.3 Å². The first-order valence-electron chi connectivity index (χ1n) is 7.11. The summed E-state index contributed by atoms with van der Waals surface area (Å²) in [6.07, 6.45) is 3.15. The molecule has 0 bridgehead atoms. The summed E-state index contributed by atoms with van der Waals surface area (Å²) in [7, 11) is -3.46. The Morgan fingerprint density at radius 1 is 1.14 bits per heavy atom. The van der Waals surface area contributed by atoms with Crippen LogP contribution in [0.5, 0.6) is 0 Å². The highest BCUT2D eigenvalue weighted by Crippen LogP contribution is 2.16. The molecule has 5 nitrogen and oxygen atoms in total. The van der Waals surface area contributed by atoms with Crippen LogP contribution in [0.1, 0.15) is 43.2 Å². The topological polar surface area (TPSA) is 83.5 Å². The second-order valence-electron chi connectivity index (χ2n) is 5.22. The van der Waals surface area contributed by atoms with Crippen molar-refractivity contribution in [1.82, 2.24) is 4.72 Å². The van der Waals surface area contributed by atoms with Gasteiger partial charge in [0.15, 0.2) is 0 Å². The third kappa shape index (κ3) is 6.27. The Hall–Kier alpha value is -1.40. The highest BCUT2D eigenvalue weighted by molar-refractivity contribution is 7.89. The van der Waals surface area contributed by atoms with Gasteiger partial charge in [0.05, 0.1) is 4.90 Å². The fourth-order valence-corrected chi connectivity index (χ4v) is 3.44. The maximum atomic E-state index is 12.2. The summed E-state index contributed by atoms with van der Waals surface area (Å²) in [5.41, 5.74) is 1.77. The number of carboxylic acids is 1. The van der Waals surface area contributed by atoms with Gasteiger partial charge in [-0.2, -0.15) is 0 Å². The number of hydrogen-bond donors (Lipinski definition) is 2. The van der Waals surface area contributed by atoms with Gasteiger partial charge in [0.1, 0.15) is 0 Å². The van der Waals surface area contributed by atoms with Crippen molar-refractivity contribution in [2.75, 3.05) is 6.54 Å². The first-order valence-corrected chi connectivity index (χ1v) is 8.60. The van der Waals surface area contributed by atoms with Crippen LogP contribution in [-0.2, 0) is 14.8 Å². The Morgan fingerprint density at radius 2 is 1.81 bits per heavy atom. The number of aliphatic carboxylic acids is 1. The molecule has 1 aromatic carbocycles. The number of benzene rings is 1. The summed E-state index contributed by atoms with van der Waals surface area (Å²) in [6.45, 7) is 4.09. The fraction of sp³-hybridized carbons (Fsp3) is 0.533. The summed E-state index contributed by atoms with van der Waals surface area (Å²) in [5, 5.41) is 8.50. The molecule has 6 heteroatoms. The van der Waals surface area contributed by atoms with E-state index < -0.39 is 16.0 Å². The minimum Gasteiger partial charge on any atom is -0.481 e. The third-order valence-electron chi connectivity index (χ3n) is 3.23. The van der Waals surface area contributed by atoms with E-state index in [0.29, 0.717) is 24.3 Å². The lowest BCUT2D eigenvalue weighted by Gasteiger charge is -2.09. The molecule has 0 spiro atoms. The predicted molar refractivity (Wildman–Crippen MR) is 81.8 cm³/mol. The second-order valence-corrected chi connectivity index (χ2v) is 6.96. The highest BCUT2D eigenvalue weighted by Gasteiger charge is 2.15. The summed E-state index contributed by atoms with van der Waals surface area (Å²) in [4.78, 5) is 10.7. The number of sulfonamides is 1. The van der Waals surface area contributed by atoms with Crippen molar-refractivity contribution in [1.29, 1.82) is 0 Å². The van der Waals surface area contributed by atoms with Gasteiger partial charge in [-0.15, -0.1) is 0 Å². The molecule has 0 amide bonds. The molecule has 21 heavy (non-hydrogen) atoms. The van der Waals surface area contributed by atoms with Crippen LogP contribution in [0.2, 0.25) is 0 Å². The first-order chi connectivity index (χ1) is 9.83. The number of aryl methyl sites for hydroxylation is 2. The van der Waals surface area contributed by atoms with E-state index >= 15 is 0 Å². The summed E-state index contributed by atoms with van der Waals surface area (Å²) in [5.74, 6) is -0.787. The molecular weight excluding hydrogens is 290 g/mol. The molecule has 0 saturated carbocycles. The molecule has 0 unspecified atom stereocenters. The zero-order valence-electron chi connectivity index (χ0n) is 12.6. The molecule has 0 aliphatic carbocycles.